The van der Waals surface area contributed by atoms with Crippen LogP contribution in [0.5, 0.6) is 5.75 Å². The molecule has 4 rings (SSSR count). The van der Waals surface area contributed by atoms with Crippen molar-refractivity contribution in [2.24, 2.45) is 17.3 Å². The smallest absolute Gasteiger partial charge is 0.133 e. The molecule has 0 heterocycles. The number of benzene rings is 1. The van der Waals surface area contributed by atoms with Gasteiger partial charge in [-0.05, 0) is 78.5 Å². The molecule has 1 aromatic carbocycles. The molecule has 4 atom stereocenters. The number of hydrogen-bond acceptors (Lipinski definition) is 2. The van der Waals surface area contributed by atoms with E-state index in [1.165, 1.54) is 31.2 Å². The van der Waals surface area contributed by atoms with Crippen LogP contribution in [0.25, 0.3) is 0 Å². The number of hydrogen-bond donors (Lipinski definition) is 0. The van der Waals surface area contributed by atoms with Gasteiger partial charge >= 0.3 is 0 Å². The van der Waals surface area contributed by atoms with Crippen molar-refractivity contribution in [3.8, 4) is 5.75 Å². The van der Waals surface area contributed by atoms with Gasteiger partial charge in [-0.15, -0.1) is 0 Å². The van der Waals surface area contributed by atoms with E-state index < -0.39 is 0 Å². The number of aryl methyl sites for hydroxylation is 1. The second-order valence-electron chi connectivity index (χ2n) is 7.93. The summed E-state index contributed by atoms with van der Waals surface area (Å²) in [7, 11) is 1.75. The Hall–Kier alpha value is -1.31. The molecule has 118 valence electrons. The fourth-order valence-electron chi connectivity index (χ4n) is 5.72. The third-order valence-corrected chi connectivity index (χ3v) is 6.79. The van der Waals surface area contributed by atoms with Crippen LogP contribution in [0.15, 0.2) is 18.2 Å². The average Bonchev–Trinajstić information content (AvgIpc) is 2.52. The quantitative estimate of drug-likeness (QED) is 0.762. The Morgan fingerprint density at radius 3 is 2.86 bits per heavy atom. The topological polar surface area (TPSA) is 26.3 Å². The molecule has 3 aliphatic carbocycles. The second kappa shape index (κ2) is 5.11. The van der Waals surface area contributed by atoms with E-state index in [4.69, 9.17) is 4.74 Å². The van der Waals surface area contributed by atoms with Gasteiger partial charge < -0.3 is 4.74 Å². The standard InChI is InChI=1S/C20H26O2/c1-20-10-9-17-16-7-5-15(22-2)11-13(16)3-6-18(17)19(20)8-4-14(21)12-20/h5,7,11,17-19H,3-4,6,8-10,12H2,1-2H3/t17-,18+,19+,20-/m0/s1. The van der Waals surface area contributed by atoms with Crippen LogP contribution in [0.4, 0.5) is 0 Å². The molecule has 1 aromatic rings. The zero-order chi connectivity index (χ0) is 15.3. The monoisotopic (exact) mass is 298 g/mol. The van der Waals surface area contributed by atoms with Gasteiger partial charge in [-0.3, -0.25) is 4.79 Å². The first-order valence-corrected chi connectivity index (χ1v) is 8.79. The van der Waals surface area contributed by atoms with Crippen molar-refractivity contribution in [3.05, 3.63) is 29.3 Å². The van der Waals surface area contributed by atoms with Gasteiger partial charge in [-0.1, -0.05) is 13.0 Å². The molecule has 0 aliphatic heterocycles. The first-order chi connectivity index (χ1) is 10.6. The maximum absolute atomic E-state index is 11.9. The summed E-state index contributed by atoms with van der Waals surface area (Å²) in [4.78, 5) is 11.9. The Bertz CT molecular complexity index is 606. The van der Waals surface area contributed by atoms with Crippen molar-refractivity contribution in [2.45, 2.75) is 57.8 Å². The maximum Gasteiger partial charge on any atom is 0.133 e. The van der Waals surface area contributed by atoms with E-state index in [1.54, 1.807) is 12.7 Å². The fourth-order valence-corrected chi connectivity index (χ4v) is 5.72. The summed E-state index contributed by atoms with van der Waals surface area (Å²) in [6.07, 6.45) is 7.71. The minimum Gasteiger partial charge on any atom is -0.497 e. The van der Waals surface area contributed by atoms with E-state index in [1.807, 2.05) is 0 Å². The normalized spacial score (nSPS) is 37.0. The predicted octanol–water partition coefficient (Wildman–Crippen LogP) is 4.51. The summed E-state index contributed by atoms with van der Waals surface area (Å²) in [5.41, 5.74) is 3.34. The van der Waals surface area contributed by atoms with E-state index in [2.05, 4.69) is 25.1 Å². The Balaban J connectivity index is 1.66. The molecule has 2 saturated carbocycles. The van der Waals surface area contributed by atoms with Crippen LogP contribution in [0.3, 0.4) is 0 Å². The lowest BCUT2D eigenvalue weighted by molar-refractivity contribution is -0.129. The number of Topliss-reactive ketones (excluding diaryl/α,β-unsaturated/α-hetero) is 1. The van der Waals surface area contributed by atoms with Gasteiger partial charge in [0.2, 0.25) is 0 Å². The largest absolute Gasteiger partial charge is 0.497 e. The van der Waals surface area contributed by atoms with E-state index in [0.29, 0.717) is 11.7 Å². The first-order valence-electron chi connectivity index (χ1n) is 8.79. The van der Waals surface area contributed by atoms with E-state index >= 15 is 0 Å². The highest BCUT2D eigenvalue weighted by atomic mass is 16.5. The summed E-state index contributed by atoms with van der Waals surface area (Å²) in [5.74, 6) is 3.73. The molecular formula is C20H26O2. The second-order valence-corrected chi connectivity index (χ2v) is 7.93. The third kappa shape index (κ3) is 2.11. The molecule has 2 fully saturated rings. The summed E-state index contributed by atoms with van der Waals surface area (Å²) in [6, 6.07) is 6.67. The summed E-state index contributed by atoms with van der Waals surface area (Å²) in [6.45, 7) is 2.38. The van der Waals surface area contributed by atoms with Crippen molar-refractivity contribution in [1.29, 1.82) is 0 Å². The molecule has 0 unspecified atom stereocenters. The van der Waals surface area contributed by atoms with Crippen molar-refractivity contribution < 1.29 is 9.53 Å². The Morgan fingerprint density at radius 1 is 1.18 bits per heavy atom. The third-order valence-electron chi connectivity index (χ3n) is 6.79. The van der Waals surface area contributed by atoms with Crippen molar-refractivity contribution in [2.75, 3.05) is 7.11 Å². The summed E-state index contributed by atoms with van der Waals surface area (Å²) >= 11 is 0. The van der Waals surface area contributed by atoms with Crippen LogP contribution in [-0.4, -0.2) is 12.9 Å². The van der Waals surface area contributed by atoms with Crippen LogP contribution in [0.2, 0.25) is 0 Å². The molecule has 0 aromatic heterocycles. The summed E-state index contributed by atoms with van der Waals surface area (Å²) in [5, 5.41) is 0. The van der Waals surface area contributed by atoms with Crippen LogP contribution >= 0.6 is 0 Å². The lowest BCUT2D eigenvalue weighted by atomic mass is 9.51. The van der Waals surface area contributed by atoms with Gasteiger partial charge in [0, 0.05) is 12.8 Å². The number of ether oxygens (including phenoxy) is 1. The number of ketones is 1. The first kappa shape index (κ1) is 14.3. The van der Waals surface area contributed by atoms with Gasteiger partial charge in [0.05, 0.1) is 7.11 Å². The molecule has 2 nitrogen and oxygen atoms in total. The molecule has 0 spiro atoms. The van der Waals surface area contributed by atoms with Gasteiger partial charge in [-0.25, -0.2) is 0 Å². The fraction of sp³-hybridized carbons (Fsp3) is 0.650. The zero-order valence-electron chi connectivity index (χ0n) is 13.7. The van der Waals surface area contributed by atoms with Gasteiger partial charge in [-0.2, -0.15) is 0 Å². The molecule has 0 bridgehead atoms. The van der Waals surface area contributed by atoms with E-state index in [-0.39, 0.29) is 5.41 Å². The zero-order valence-corrected chi connectivity index (χ0v) is 13.7. The van der Waals surface area contributed by atoms with Crippen LogP contribution in [-0.2, 0) is 11.2 Å². The van der Waals surface area contributed by atoms with Gasteiger partial charge in [0.1, 0.15) is 11.5 Å². The van der Waals surface area contributed by atoms with Crippen molar-refractivity contribution in [1.82, 2.24) is 0 Å². The molecule has 3 aliphatic rings. The molecule has 2 heteroatoms. The molecular weight excluding hydrogens is 272 g/mol. The molecule has 0 saturated heterocycles. The maximum atomic E-state index is 11.9. The number of methoxy groups -OCH3 is 1. The Morgan fingerprint density at radius 2 is 2.05 bits per heavy atom. The Kier molecular flexibility index (Phi) is 3.32. The van der Waals surface area contributed by atoms with Gasteiger partial charge in [0.15, 0.2) is 0 Å². The van der Waals surface area contributed by atoms with E-state index in [0.717, 1.165) is 36.8 Å². The number of rotatable bonds is 1. The van der Waals surface area contributed by atoms with Crippen LogP contribution < -0.4 is 4.74 Å². The summed E-state index contributed by atoms with van der Waals surface area (Å²) < 4.78 is 5.39. The predicted molar refractivity (Wildman–Crippen MR) is 87.2 cm³/mol. The van der Waals surface area contributed by atoms with Gasteiger partial charge in [0.25, 0.3) is 0 Å². The lowest BCUT2D eigenvalue weighted by Gasteiger charge is -2.53. The number of carbonyl (C=O) groups excluding carboxylic acids is 1. The SMILES string of the molecule is COc1ccc2c(c1)CC[C@H]1[C@H]3CCC(=O)C[C@]3(C)CC[C@@H]21. The van der Waals surface area contributed by atoms with Crippen LogP contribution in [0.1, 0.15) is 62.5 Å². The minimum atomic E-state index is 0.278. The Labute approximate surface area is 133 Å². The number of carbonyl (C=O) groups is 1. The highest BCUT2D eigenvalue weighted by Crippen LogP contribution is 2.59. The lowest BCUT2D eigenvalue weighted by Crippen LogP contribution is -2.46. The molecule has 0 radical (unpaired) electrons. The number of fused-ring (bicyclic) bond motifs is 5. The molecule has 22 heavy (non-hydrogen) atoms. The minimum absolute atomic E-state index is 0.278. The van der Waals surface area contributed by atoms with Crippen molar-refractivity contribution >= 4 is 5.78 Å². The highest BCUT2D eigenvalue weighted by molar-refractivity contribution is 5.80. The highest BCUT2D eigenvalue weighted by Gasteiger charge is 2.50. The molecule has 0 N–H and O–H groups in total. The molecule has 0 amide bonds. The van der Waals surface area contributed by atoms with Crippen LogP contribution in [0, 0.1) is 17.3 Å². The van der Waals surface area contributed by atoms with Crippen molar-refractivity contribution in [3.63, 3.8) is 0 Å². The van der Waals surface area contributed by atoms with E-state index in [9.17, 15) is 4.79 Å². The average molecular weight is 298 g/mol.